The van der Waals surface area contributed by atoms with Crippen molar-refractivity contribution in [2.24, 2.45) is 5.73 Å². The molecule has 10 heteroatoms. The molecule has 1 fully saturated rings. The summed E-state index contributed by atoms with van der Waals surface area (Å²) in [6.07, 6.45) is 2.88. The molecule has 1 unspecified atom stereocenters. The van der Waals surface area contributed by atoms with Gasteiger partial charge in [0, 0.05) is 36.1 Å². The van der Waals surface area contributed by atoms with E-state index in [4.69, 9.17) is 26.6 Å². The summed E-state index contributed by atoms with van der Waals surface area (Å²) in [6, 6.07) is 9.36. The Morgan fingerprint density at radius 2 is 2.13 bits per heavy atom. The first-order valence-electron chi connectivity index (χ1n) is 9.75. The maximum Gasteiger partial charge on any atom is 0.217 e. The molecule has 3 heterocycles. The SMILES string of the molecule is NC(=O)CCc1nnc(SCc2cc(-c3ccc(Cl)cc3)no2)n1CC1CCCO1. The molecule has 2 aromatic heterocycles. The van der Waals surface area contributed by atoms with E-state index in [9.17, 15) is 4.79 Å². The van der Waals surface area contributed by atoms with Crippen LogP contribution in [0.2, 0.25) is 5.02 Å². The molecule has 30 heavy (non-hydrogen) atoms. The lowest BCUT2D eigenvalue weighted by Crippen LogP contribution is -2.19. The largest absolute Gasteiger partial charge is 0.376 e. The number of carbonyl (C=O) groups excluding carboxylic acids is 1. The fraction of sp³-hybridized carbons (Fsp3) is 0.400. The number of nitrogens with two attached hydrogens (primary N) is 1. The van der Waals surface area contributed by atoms with Crippen LogP contribution in [0.3, 0.4) is 0 Å². The second kappa shape index (κ2) is 9.63. The van der Waals surface area contributed by atoms with Crippen molar-refractivity contribution in [1.82, 2.24) is 19.9 Å². The Labute approximate surface area is 183 Å². The first kappa shape index (κ1) is 20.9. The van der Waals surface area contributed by atoms with Gasteiger partial charge in [0.05, 0.1) is 18.4 Å². The highest BCUT2D eigenvalue weighted by Gasteiger charge is 2.21. The molecule has 1 aliphatic rings. The number of aromatic nitrogens is 4. The molecule has 1 atom stereocenters. The average Bonchev–Trinajstić information content (AvgIpc) is 3.48. The second-order valence-corrected chi connectivity index (χ2v) is 8.46. The lowest BCUT2D eigenvalue weighted by molar-refractivity contribution is -0.118. The molecular weight excluding hydrogens is 426 g/mol. The minimum Gasteiger partial charge on any atom is -0.376 e. The highest BCUT2D eigenvalue weighted by atomic mass is 35.5. The van der Waals surface area contributed by atoms with Gasteiger partial charge in [-0.3, -0.25) is 4.79 Å². The van der Waals surface area contributed by atoms with Crippen LogP contribution in [0, 0.1) is 0 Å². The topological polar surface area (TPSA) is 109 Å². The van der Waals surface area contributed by atoms with Crippen LogP contribution in [0.5, 0.6) is 0 Å². The lowest BCUT2D eigenvalue weighted by Gasteiger charge is -2.14. The molecule has 0 saturated carbocycles. The van der Waals surface area contributed by atoms with Gasteiger partial charge < -0.3 is 19.6 Å². The smallest absolute Gasteiger partial charge is 0.217 e. The van der Waals surface area contributed by atoms with Crippen molar-refractivity contribution in [3.63, 3.8) is 0 Å². The predicted molar refractivity (Wildman–Crippen MR) is 113 cm³/mol. The van der Waals surface area contributed by atoms with E-state index in [1.165, 1.54) is 11.8 Å². The first-order chi connectivity index (χ1) is 14.6. The summed E-state index contributed by atoms with van der Waals surface area (Å²) in [5.41, 5.74) is 7.00. The van der Waals surface area contributed by atoms with Crippen molar-refractivity contribution < 1.29 is 14.1 Å². The molecule has 1 aromatic carbocycles. The third-order valence-corrected chi connectivity index (χ3v) is 6.08. The van der Waals surface area contributed by atoms with Gasteiger partial charge >= 0.3 is 0 Å². The normalized spacial score (nSPS) is 16.2. The van der Waals surface area contributed by atoms with Gasteiger partial charge in [-0.1, -0.05) is 40.7 Å². The summed E-state index contributed by atoms with van der Waals surface area (Å²) in [4.78, 5) is 11.2. The molecule has 0 radical (unpaired) electrons. The van der Waals surface area contributed by atoms with Gasteiger partial charge in [-0.25, -0.2) is 0 Å². The maximum absolute atomic E-state index is 11.2. The summed E-state index contributed by atoms with van der Waals surface area (Å²) in [5, 5.41) is 14.2. The monoisotopic (exact) mass is 447 g/mol. The third-order valence-electron chi connectivity index (χ3n) is 4.84. The van der Waals surface area contributed by atoms with E-state index in [1.54, 1.807) is 0 Å². The van der Waals surface area contributed by atoms with Crippen LogP contribution in [0.15, 0.2) is 40.0 Å². The first-order valence-corrected chi connectivity index (χ1v) is 11.1. The minimum atomic E-state index is -0.354. The number of carbonyl (C=O) groups is 1. The lowest BCUT2D eigenvalue weighted by atomic mass is 10.1. The fourth-order valence-electron chi connectivity index (χ4n) is 3.29. The zero-order valence-electron chi connectivity index (χ0n) is 16.3. The van der Waals surface area contributed by atoms with E-state index >= 15 is 0 Å². The van der Waals surface area contributed by atoms with Crippen molar-refractivity contribution >= 4 is 29.3 Å². The van der Waals surface area contributed by atoms with E-state index in [2.05, 4.69) is 15.4 Å². The van der Waals surface area contributed by atoms with Gasteiger partial charge in [0.25, 0.3) is 0 Å². The highest BCUT2D eigenvalue weighted by Crippen LogP contribution is 2.27. The van der Waals surface area contributed by atoms with Gasteiger partial charge in [-0.2, -0.15) is 0 Å². The van der Waals surface area contributed by atoms with Gasteiger partial charge in [0.1, 0.15) is 17.3 Å². The Bertz CT molecular complexity index is 998. The molecular formula is C20H22ClN5O3S. The van der Waals surface area contributed by atoms with E-state index in [1.807, 2.05) is 34.9 Å². The van der Waals surface area contributed by atoms with Crippen molar-refractivity contribution in [3.8, 4) is 11.3 Å². The zero-order valence-corrected chi connectivity index (χ0v) is 17.9. The van der Waals surface area contributed by atoms with E-state index in [-0.39, 0.29) is 18.4 Å². The van der Waals surface area contributed by atoms with Crippen LogP contribution >= 0.6 is 23.4 Å². The molecule has 0 aliphatic carbocycles. The number of hydrogen-bond donors (Lipinski definition) is 1. The van der Waals surface area contributed by atoms with Crippen LogP contribution in [-0.2, 0) is 28.2 Å². The quantitative estimate of drug-likeness (QED) is 0.500. The van der Waals surface area contributed by atoms with Crippen molar-refractivity contribution in [2.45, 2.75) is 49.2 Å². The van der Waals surface area contributed by atoms with Crippen LogP contribution in [0.4, 0.5) is 0 Å². The van der Waals surface area contributed by atoms with Gasteiger partial charge in [-0.15, -0.1) is 10.2 Å². The summed E-state index contributed by atoms with van der Waals surface area (Å²) < 4.78 is 13.3. The molecule has 1 saturated heterocycles. The predicted octanol–water partition coefficient (Wildman–Crippen LogP) is 3.48. The Hall–Kier alpha value is -2.36. The third kappa shape index (κ3) is 5.21. The number of thioether (sulfide) groups is 1. The number of rotatable bonds is 9. The van der Waals surface area contributed by atoms with Crippen LogP contribution in [-0.4, -0.2) is 38.5 Å². The molecule has 1 amide bonds. The number of halogens is 1. The van der Waals surface area contributed by atoms with Crippen LogP contribution in [0.1, 0.15) is 30.8 Å². The molecule has 3 aromatic rings. The molecule has 1 aliphatic heterocycles. The summed E-state index contributed by atoms with van der Waals surface area (Å²) in [5.74, 6) is 1.67. The van der Waals surface area contributed by atoms with Crippen LogP contribution < -0.4 is 5.73 Å². The number of hydrogen-bond acceptors (Lipinski definition) is 7. The van der Waals surface area contributed by atoms with E-state index in [0.29, 0.717) is 23.7 Å². The number of nitrogens with zero attached hydrogens (tertiary/aromatic N) is 4. The van der Waals surface area contributed by atoms with Crippen molar-refractivity contribution in [2.75, 3.05) is 6.61 Å². The molecule has 4 rings (SSSR count). The Morgan fingerprint density at radius 3 is 2.87 bits per heavy atom. The van der Waals surface area contributed by atoms with Gasteiger partial charge in [-0.05, 0) is 25.0 Å². The summed E-state index contributed by atoms with van der Waals surface area (Å²) >= 11 is 7.45. The van der Waals surface area contributed by atoms with Crippen molar-refractivity contribution in [3.05, 3.63) is 46.9 Å². The molecule has 2 N–H and O–H groups in total. The summed E-state index contributed by atoms with van der Waals surface area (Å²) in [6.45, 7) is 1.44. The Morgan fingerprint density at radius 1 is 1.30 bits per heavy atom. The van der Waals surface area contributed by atoms with E-state index in [0.717, 1.165) is 47.4 Å². The standard InChI is InChI=1S/C20H22ClN5O3S/c21-14-5-3-13(4-6-14)17-10-16(29-25-17)12-30-20-24-23-19(8-7-18(22)27)26(20)11-15-2-1-9-28-15/h3-6,10,15H,1-2,7-9,11-12H2,(H2,22,27). The minimum absolute atomic E-state index is 0.134. The van der Waals surface area contributed by atoms with E-state index < -0.39 is 0 Å². The number of ether oxygens (including phenoxy) is 1. The average molecular weight is 448 g/mol. The molecule has 158 valence electrons. The Balaban J connectivity index is 1.45. The highest BCUT2D eigenvalue weighted by molar-refractivity contribution is 7.98. The maximum atomic E-state index is 11.2. The Kier molecular flexibility index (Phi) is 6.71. The number of aryl methyl sites for hydroxylation is 1. The van der Waals surface area contributed by atoms with Crippen LogP contribution in [0.25, 0.3) is 11.3 Å². The second-order valence-electron chi connectivity index (χ2n) is 7.08. The van der Waals surface area contributed by atoms with Crippen molar-refractivity contribution in [1.29, 1.82) is 0 Å². The zero-order chi connectivity index (χ0) is 20.9. The number of benzene rings is 1. The fourth-order valence-corrected chi connectivity index (χ4v) is 4.26. The number of amides is 1. The van der Waals surface area contributed by atoms with Gasteiger partial charge in [0.2, 0.25) is 5.91 Å². The summed E-state index contributed by atoms with van der Waals surface area (Å²) in [7, 11) is 0. The van der Waals surface area contributed by atoms with Gasteiger partial charge in [0.15, 0.2) is 5.16 Å². The molecule has 0 bridgehead atoms. The molecule has 8 nitrogen and oxygen atoms in total. The molecule has 0 spiro atoms. The number of primary amides is 1.